The Morgan fingerprint density at radius 3 is 2.30 bits per heavy atom. The largest absolute Gasteiger partial charge is 0.337 e. The zero-order valence-corrected chi connectivity index (χ0v) is 5.73. The summed E-state index contributed by atoms with van der Waals surface area (Å²) in [4.78, 5) is 11.8. The first kappa shape index (κ1) is 7.72. The lowest BCUT2D eigenvalue weighted by molar-refractivity contribution is 0.530. The minimum Gasteiger partial charge on any atom is -0.337 e. The Balaban J connectivity index is 2.33. The first-order valence-corrected chi connectivity index (χ1v) is 3.28. The second-order valence-corrected chi connectivity index (χ2v) is 2.57. The standard InChI is InChI=1S/C5H11BN3O/c7-4-1-9(6-3-10)2-5(4)8/h3-5H,1-2,7-8H2/t4-,5-/m1/s1. The van der Waals surface area contributed by atoms with E-state index in [4.69, 9.17) is 11.5 Å². The lowest BCUT2D eigenvalue weighted by Crippen LogP contribution is -2.39. The van der Waals surface area contributed by atoms with Crippen molar-refractivity contribution >= 4 is 13.6 Å². The predicted molar refractivity (Wildman–Crippen MR) is 40.0 cm³/mol. The summed E-state index contributed by atoms with van der Waals surface area (Å²) in [5.74, 6) is 0. The minimum atomic E-state index is 0.0104. The fraction of sp³-hybridized carbons (Fsp3) is 0.800. The summed E-state index contributed by atoms with van der Waals surface area (Å²) in [6, 6.07) is 0.0207. The number of nitrogens with two attached hydrogens (primary N) is 2. The molecule has 4 N–H and O–H groups in total. The molecule has 1 aliphatic heterocycles. The van der Waals surface area contributed by atoms with Crippen LogP contribution in [0.2, 0.25) is 0 Å². The number of rotatable bonds is 2. The molecule has 0 unspecified atom stereocenters. The molecule has 1 fully saturated rings. The highest BCUT2D eigenvalue weighted by atomic mass is 16.1. The smallest absolute Gasteiger partial charge is 0.293 e. The molecule has 0 bridgehead atoms. The lowest BCUT2D eigenvalue weighted by atomic mass is 9.96. The van der Waals surface area contributed by atoms with Crippen LogP contribution in [0.25, 0.3) is 0 Å². The molecule has 0 aromatic carbocycles. The highest BCUT2D eigenvalue weighted by Crippen LogP contribution is 2.02. The molecule has 1 aliphatic rings. The van der Waals surface area contributed by atoms with Gasteiger partial charge in [-0.25, -0.2) is 0 Å². The average molecular weight is 140 g/mol. The normalized spacial score (nSPS) is 34.2. The van der Waals surface area contributed by atoms with Gasteiger partial charge in [-0.2, -0.15) is 0 Å². The van der Waals surface area contributed by atoms with Crippen LogP contribution < -0.4 is 11.5 Å². The summed E-state index contributed by atoms with van der Waals surface area (Å²) >= 11 is 0. The molecule has 4 nitrogen and oxygen atoms in total. The van der Waals surface area contributed by atoms with E-state index in [0.717, 1.165) is 6.19 Å². The van der Waals surface area contributed by atoms with Gasteiger partial charge in [0.15, 0.2) is 0 Å². The van der Waals surface area contributed by atoms with E-state index in [1.165, 1.54) is 7.41 Å². The third-order valence-electron chi connectivity index (χ3n) is 1.71. The van der Waals surface area contributed by atoms with Crippen LogP contribution in [-0.2, 0) is 4.79 Å². The van der Waals surface area contributed by atoms with Gasteiger partial charge in [-0.15, -0.1) is 0 Å². The van der Waals surface area contributed by atoms with Gasteiger partial charge in [-0.05, 0) is 0 Å². The van der Waals surface area contributed by atoms with Gasteiger partial charge in [0.25, 0.3) is 7.41 Å². The summed E-state index contributed by atoms with van der Waals surface area (Å²) in [5, 5.41) is 0. The molecule has 10 heavy (non-hydrogen) atoms. The molecule has 0 aromatic heterocycles. The van der Waals surface area contributed by atoms with Crippen molar-refractivity contribution in [2.45, 2.75) is 12.1 Å². The van der Waals surface area contributed by atoms with E-state index in [1.54, 1.807) is 0 Å². The van der Waals surface area contributed by atoms with E-state index >= 15 is 0 Å². The Bertz CT molecular complexity index is 122. The van der Waals surface area contributed by atoms with Crippen LogP contribution >= 0.6 is 0 Å². The van der Waals surface area contributed by atoms with Gasteiger partial charge in [0.2, 0.25) is 0 Å². The van der Waals surface area contributed by atoms with Crippen molar-refractivity contribution in [3.8, 4) is 0 Å². The second-order valence-electron chi connectivity index (χ2n) is 2.57. The Morgan fingerprint density at radius 1 is 1.40 bits per heavy atom. The Morgan fingerprint density at radius 2 is 1.90 bits per heavy atom. The maximum atomic E-state index is 10.00. The number of carbonyl (C=O) groups is 1. The van der Waals surface area contributed by atoms with Crippen LogP contribution in [0.4, 0.5) is 0 Å². The summed E-state index contributed by atoms with van der Waals surface area (Å²) in [7, 11) is 1.48. The van der Waals surface area contributed by atoms with Crippen molar-refractivity contribution in [1.82, 2.24) is 4.81 Å². The van der Waals surface area contributed by atoms with Crippen LogP contribution in [0, 0.1) is 0 Å². The molecule has 0 aliphatic carbocycles. The highest BCUT2D eigenvalue weighted by molar-refractivity contribution is 6.64. The number of nitrogens with zero attached hydrogens (tertiary/aromatic N) is 1. The van der Waals surface area contributed by atoms with Crippen molar-refractivity contribution < 1.29 is 4.79 Å². The number of hydrogen-bond donors (Lipinski definition) is 2. The summed E-state index contributed by atoms with van der Waals surface area (Å²) in [6.45, 7) is 1.39. The molecule has 55 valence electrons. The first-order valence-electron chi connectivity index (χ1n) is 3.28. The van der Waals surface area contributed by atoms with E-state index in [2.05, 4.69) is 0 Å². The lowest BCUT2D eigenvalue weighted by Gasteiger charge is -2.07. The van der Waals surface area contributed by atoms with Gasteiger partial charge < -0.3 is 21.1 Å². The van der Waals surface area contributed by atoms with E-state index < -0.39 is 0 Å². The monoisotopic (exact) mass is 140 g/mol. The zero-order valence-electron chi connectivity index (χ0n) is 5.73. The molecule has 1 radical (unpaired) electrons. The maximum Gasteiger partial charge on any atom is 0.293 e. The van der Waals surface area contributed by atoms with E-state index in [9.17, 15) is 4.79 Å². The third kappa shape index (κ3) is 1.56. The molecule has 1 saturated heterocycles. The fourth-order valence-electron chi connectivity index (χ4n) is 1.09. The van der Waals surface area contributed by atoms with Crippen molar-refractivity contribution in [3.05, 3.63) is 0 Å². The van der Waals surface area contributed by atoms with Crippen LogP contribution in [-0.4, -0.2) is 43.6 Å². The number of carbonyl (C=O) groups excluding carboxylic acids is 1. The SMILES string of the molecule is N[C@@H]1CN([B]C=O)C[C@H]1N. The topological polar surface area (TPSA) is 72.3 Å². The number of hydrogen-bond acceptors (Lipinski definition) is 4. The molecule has 1 heterocycles. The van der Waals surface area contributed by atoms with Crippen LogP contribution in [0.15, 0.2) is 0 Å². The van der Waals surface area contributed by atoms with Gasteiger partial charge in [-0.3, -0.25) is 0 Å². The van der Waals surface area contributed by atoms with Crippen LogP contribution in [0.3, 0.4) is 0 Å². The highest BCUT2D eigenvalue weighted by Gasteiger charge is 2.26. The predicted octanol–water partition coefficient (Wildman–Crippen LogP) is -2.23. The molecule has 0 spiro atoms. The Hall–Kier alpha value is -0.385. The molecular formula is C5H11BN3O. The minimum absolute atomic E-state index is 0.0104. The molecule has 0 aromatic rings. The van der Waals surface area contributed by atoms with Gasteiger partial charge in [-0.1, -0.05) is 0 Å². The molecule has 0 amide bonds. The molecule has 1 rings (SSSR count). The Kier molecular flexibility index (Phi) is 2.42. The van der Waals surface area contributed by atoms with Gasteiger partial charge in [0, 0.05) is 25.2 Å². The van der Waals surface area contributed by atoms with E-state index in [0.29, 0.717) is 13.1 Å². The summed E-state index contributed by atoms with van der Waals surface area (Å²) < 4.78 is 0. The molecule has 2 atom stereocenters. The Labute approximate surface area is 60.8 Å². The average Bonchev–Trinajstić information content (AvgIpc) is 2.14. The maximum absolute atomic E-state index is 10.00. The van der Waals surface area contributed by atoms with E-state index in [1.807, 2.05) is 4.81 Å². The molecule has 5 heteroatoms. The van der Waals surface area contributed by atoms with Crippen molar-refractivity contribution in [3.63, 3.8) is 0 Å². The third-order valence-corrected chi connectivity index (χ3v) is 1.71. The van der Waals surface area contributed by atoms with Crippen molar-refractivity contribution in [2.75, 3.05) is 13.1 Å². The molecular weight excluding hydrogens is 129 g/mol. The van der Waals surface area contributed by atoms with Gasteiger partial charge in [0.05, 0.1) is 6.19 Å². The quantitative estimate of drug-likeness (QED) is 0.336. The van der Waals surface area contributed by atoms with Crippen molar-refractivity contribution in [2.24, 2.45) is 11.5 Å². The van der Waals surface area contributed by atoms with E-state index in [-0.39, 0.29) is 12.1 Å². The fourth-order valence-corrected chi connectivity index (χ4v) is 1.09. The van der Waals surface area contributed by atoms with Crippen LogP contribution in [0.1, 0.15) is 0 Å². The zero-order chi connectivity index (χ0) is 7.56. The van der Waals surface area contributed by atoms with Gasteiger partial charge in [0.1, 0.15) is 0 Å². The van der Waals surface area contributed by atoms with Gasteiger partial charge >= 0.3 is 0 Å². The van der Waals surface area contributed by atoms with Crippen LogP contribution in [0.5, 0.6) is 0 Å². The summed E-state index contributed by atoms with van der Waals surface area (Å²) in [6.07, 6.45) is 0.755. The molecule has 0 saturated carbocycles. The summed E-state index contributed by atoms with van der Waals surface area (Å²) in [5.41, 5.74) is 11.2. The first-order chi connectivity index (χ1) is 4.74. The van der Waals surface area contributed by atoms with Crippen molar-refractivity contribution in [1.29, 1.82) is 0 Å². The second kappa shape index (κ2) is 3.14.